The fraction of sp³-hybridized carbons (Fsp3) is 0.348. The van der Waals surface area contributed by atoms with E-state index in [1.807, 2.05) is 36.0 Å². The number of thiophene rings is 1. The molecule has 2 aliphatic carbocycles. The monoisotopic (exact) mass is 445 g/mol. The molecule has 4 aromatic heterocycles. The van der Waals surface area contributed by atoms with Crippen LogP contribution < -0.4 is 16.2 Å². The lowest BCUT2D eigenvalue weighted by Gasteiger charge is -2.15. The van der Waals surface area contributed by atoms with Gasteiger partial charge in [0.1, 0.15) is 10.5 Å². The van der Waals surface area contributed by atoms with Gasteiger partial charge in [0, 0.05) is 29.9 Å². The lowest BCUT2D eigenvalue weighted by Crippen LogP contribution is -2.22. The SMILES string of the molecule is O=c1c2sccc2cnn1-c1ccc(N[C@H]2CC[C@H](Nc3ncc(C4CC4)cn3)C2)nc1. The molecule has 0 bridgehead atoms. The van der Waals surface area contributed by atoms with Gasteiger partial charge in [0.2, 0.25) is 5.95 Å². The second kappa shape index (κ2) is 7.98. The van der Waals surface area contributed by atoms with Crippen molar-refractivity contribution >= 4 is 33.2 Å². The van der Waals surface area contributed by atoms with E-state index in [1.54, 1.807) is 12.4 Å². The summed E-state index contributed by atoms with van der Waals surface area (Å²) < 4.78 is 2.11. The predicted molar refractivity (Wildman–Crippen MR) is 126 cm³/mol. The van der Waals surface area contributed by atoms with Gasteiger partial charge in [-0.3, -0.25) is 4.79 Å². The fourth-order valence-electron chi connectivity index (χ4n) is 4.32. The molecule has 32 heavy (non-hydrogen) atoms. The van der Waals surface area contributed by atoms with Crippen LogP contribution in [-0.2, 0) is 0 Å². The second-order valence-corrected chi connectivity index (χ2v) is 9.49. The van der Waals surface area contributed by atoms with Gasteiger partial charge in [0.15, 0.2) is 0 Å². The van der Waals surface area contributed by atoms with E-state index in [9.17, 15) is 4.79 Å². The van der Waals surface area contributed by atoms with E-state index >= 15 is 0 Å². The zero-order valence-corrected chi connectivity index (χ0v) is 18.3. The van der Waals surface area contributed by atoms with Crippen LogP contribution in [0.1, 0.15) is 43.6 Å². The van der Waals surface area contributed by atoms with Crippen molar-refractivity contribution in [1.29, 1.82) is 0 Å². The summed E-state index contributed by atoms with van der Waals surface area (Å²) in [6.07, 6.45) is 12.9. The van der Waals surface area contributed by atoms with E-state index < -0.39 is 0 Å². The van der Waals surface area contributed by atoms with E-state index in [2.05, 4.69) is 30.7 Å². The number of anilines is 2. The zero-order valence-electron chi connectivity index (χ0n) is 17.4. The minimum atomic E-state index is -0.114. The van der Waals surface area contributed by atoms with Crippen molar-refractivity contribution in [2.45, 2.75) is 50.1 Å². The number of aromatic nitrogens is 5. The molecule has 2 atom stereocenters. The lowest BCUT2D eigenvalue weighted by molar-refractivity contribution is 0.716. The Kier molecular flexibility index (Phi) is 4.83. The quantitative estimate of drug-likeness (QED) is 0.464. The molecule has 4 aromatic rings. The van der Waals surface area contributed by atoms with Crippen LogP contribution >= 0.6 is 11.3 Å². The fourth-order valence-corrected chi connectivity index (χ4v) is 5.11. The van der Waals surface area contributed by atoms with E-state index in [-0.39, 0.29) is 5.56 Å². The van der Waals surface area contributed by atoms with Gasteiger partial charge in [-0.1, -0.05) is 0 Å². The predicted octanol–water partition coefficient (Wildman–Crippen LogP) is 3.95. The molecule has 4 heterocycles. The molecule has 2 aliphatic rings. The topological polar surface area (TPSA) is 97.6 Å². The van der Waals surface area contributed by atoms with E-state index in [4.69, 9.17) is 0 Å². The maximum atomic E-state index is 12.6. The van der Waals surface area contributed by atoms with Gasteiger partial charge in [-0.25, -0.2) is 15.0 Å². The van der Waals surface area contributed by atoms with Crippen LogP contribution in [0.5, 0.6) is 0 Å². The van der Waals surface area contributed by atoms with Gasteiger partial charge in [0.05, 0.1) is 18.1 Å². The molecule has 0 aromatic carbocycles. The smallest absolute Gasteiger partial charge is 0.289 e. The standard InChI is InChI=1S/C23H23N7OS/c31-22-21-15(7-8-32-21)12-27-30(22)19-5-6-20(24-13-19)28-17-3-4-18(9-17)29-23-25-10-16(11-26-23)14-1-2-14/h5-8,10-14,17-18H,1-4,9H2,(H,24,28)(H,25,26,29)/t17-,18-/m0/s1. The van der Waals surface area contributed by atoms with E-state index in [0.29, 0.717) is 34.3 Å². The highest BCUT2D eigenvalue weighted by Crippen LogP contribution is 2.39. The first kappa shape index (κ1) is 19.4. The molecule has 8 nitrogen and oxygen atoms in total. The molecular formula is C23H23N7OS. The summed E-state index contributed by atoms with van der Waals surface area (Å²) in [6, 6.07) is 6.37. The van der Waals surface area contributed by atoms with Crippen LogP contribution in [0.4, 0.5) is 11.8 Å². The van der Waals surface area contributed by atoms with Crippen molar-refractivity contribution in [3.63, 3.8) is 0 Å². The molecule has 0 aliphatic heterocycles. The summed E-state index contributed by atoms with van der Waals surface area (Å²) in [4.78, 5) is 26.1. The maximum absolute atomic E-state index is 12.6. The summed E-state index contributed by atoms with van der Waals surface area (Å²) in [6.45, 7) is 0. The molecule has 0 unspecified atom stereocenters. The van der Waals surface area contributed by atoms with Crippen LogP contribution in [-0.4, -0.2) is 36.8 Å². The lowest BCUT2D eigenvalue weighted by atomic mass is 10.2. The first-order valence-electron chi connectivity index (χ1n) is 11.0. The van der Waals surface area contributed by atoms with E-state index in [0.717, 1.165) is 30.5 Å². The molecule has 0 amide bonds. The summed E-state index contributed by atoms with van der Waals surface area (Å²) in [5.41, 5.74) is 1.80. The Morgan fingerprint density at radius 1 is 0.906 bits per heavy atom. The van der Waals surface area contributed by atoms with Crippen LogP contribution in [0.3, 0.4) is 0 Å². The highest BCUT2D eigenvalue weighted by molar-refractivity contribution is 7.17. The van der Waals surface area contributed by atoms with Crippen molar-refractivity contribution in [3.05, 3.63) is 64.3 Å². The molecular weight excluding hydrogens is 422 g/mol. The Hall–Kier alpha value is -3.33. The molecule has 9 heteroatoms. The van der Waals surface area contributed by atoms with Crippen LogP contribution in [0.25, 0.3) is 15.8 Å². The van der Waals surface area contributed by atoms with Gasteiger partial charge in [0.25, 0.3) is 5.56 Å². The van der Waals surface area contributed by atoms with Crippen molar-refractivity contribution in [2.24, 2.45) is 0 Å². The van der Waals surface area contributed by atoms with Gasteiger partial charge in [-0.15, -0.1) is 11.3 Å². The average molecular weight is 446 g/mol. The summed E-state index contributed by atoms with van der Waals surface area (Å²) >= 11 is 1.43. The minimum absolute atomic E-state index is 0.114. The van der Waals surface area contributed by atoms with Gasteiger partial charge in [-0.2, -0.15) is 9.78 Å². The second-order valence-electron chi connectivity index (χ2n) is 8.58. The van der Waals surface area contributed by atoms with Crippen molar-refractivity contribution < 1.29 is 0 Å². The van der Waals surface area contributed by atoms with Gasteiger partial charge < -0.3 is 10.6 Å². The maximum Gasteiger partial charge on any atom is 0.289 e. The van der Waals surface area contributed by atoms with Crippen molar-refractivity contribution in [2.75, 3.05) is 10.6 Å². The number of hydrogen-bond acceptors (Lipinski definition) is 8. The summed E-state index contributed by atoms with van der Waals surface area (Å²) in [5, 5.41) is 14.0. The summed E-state index contributed by atoms with van der Waals surface area (Å²) in [5.74, 6) is 2.19. The number of nitrogens with zero attached hydrogens (tertiary/aromatic N) is 5. The third-order valence-electron chi connectivity index (χ3n) is 6.23. The van der Waals surface area contributed by atoms with E-state index in [1.165, 1.54) is 34.4 Å². The molecule has 0 radical (unpaired) electrons. The summed E-state index contributed by atoms with van der Waals surface area (Å²) in [7, 11) is 0. The molecule has 2 fully saturated rings. The van der Waals surface area contributed by atoms with Gasteiger partial charge in [-0.05, 0) is 67.2 Å². The molecule has 2 N–H and O–H groups in total. The molecule has 0 saturated heterocycles. The highest BCUT2D eigenvalue weighted by Gasteiger charge is 2.26. The Bertz CT molecular complexity index is 1290. The number of rotatable bonds is 6. The first-order valence-corrected chi connectivity index (χ1v) is 11.9. The zero-order chi connectivity index (χ0) is 21.5. The third-order valence-corrected chi connectivity index (χ3v) is 7.14. The normalized spacial score (nSPS) is 20.5. The van der Waals surface area contributed by atoms with Crippen LogP contribution in [0.15, 0.2) is 53.2 Å². The Morgan fingerprint density at radius 2 is 1.72 bits per heavy atom. The molecule has 162 valence electrons. The third kappa shape index (κ3) is 3.84. The molecule has 2 saturated carbocycles. The number of nitrogens with one attached hydrogen (secondary N) is 2. The van der Waals surface area contributed by atoms with Crippen molar-refractivity contribution in [1.82, 2.24) is 24.7 Å². The molecule has 0 spiro atoms. The van der Waals surface area contributed by atoms with Crippen LogP contribution in [0.2, 0.25) is 0 Å². The minimum Gasteiger partial charge on any atom is -0.367 e. The Morgan fingerprint density at radius 3 is 2.47 bits per heavy atom. The Labute approximate surface area is 188 Å². The number of pyridine rings is 1. The number of fused-ring (bicyclic) bond motifs is 1. The largest absolute Gasteiger partial charge is 0.367 e. The molecule has 6 rings (SSSR count). The number of hydrogen-bond donors (Lipinski definition) is 2. The average Bonchev–Trinajstić information content (AvgIpc) is 3.39. The van der Waals surface area contributed by atoms with Crippen LogP contribution in [0, 0.1) is 0 Å². The first-order chi connectivity index (χ1) is 15.7. The van der Waals surface area contributed by atoms with Gasteiger partial charge >= 0.3 is 0 Å². The Balaban J connectivity index is 1.08. The highest BCUT2D eigenvalue weighted by atomic mass is 32.1. The van der Waals surface area contributed by atoms with Crippen molar-refractivity contribution in [3.8, 4) is 5.69 Å².